The number of carbonyl (C=O) groups is 1. The Morgan fingerprint density at radius 2 is 2.31 bits per heavy atom. The fraction of sp³-hybridized carbons (Fsp3) is 0.333. The summed E-state index contributed by atoms with van der Waals surface area (Å²) in [6.07, 6.45) is 1.75. The van der Waals surface area contributed by atoms with Crippen molar-refractivity contribution in [2.24, 2.45) is 0 Å². The van der Waals surface area contributed by atoms with Crippen LogP contribution in [0.2, 0.25) is 0 Å². The van der Waals surface area contributed by atoms with E-state index in [1.54, 1.807) is 24.4 Å². The number of aromatic nitrogens is 1. The number of carboxylic acid groups (broad SMARTS) is 1. The molecule has 70 valence electrons. The van der Waals surface area contributed by atoms with E-state index >= 15 is 0 Å². The Balaban J connectivity index is 2.82. The van der Waals surface area contributed by atoms with Crippen LogP contribution < -0.4 is 0 Å². The summed E-state index contributed by atoms with van der Waals surface area (Å²) in [5.41, 5.74) is 0.490. The largest absolute Gasteiger partial charge is 0.481 e. The number of aliphatic hydroxyl groups excluding tert-OH is 1. The van der Waals surface area contributed by atoms with Gasteiger partial charge in [-0.05, 0) is 18.6 Å². The van der Waals surface area contributed by atoms with Gasteiger partial charge in [-0.25, -0.2) is 0 Å². The molecule has 0 amide bonds. The third-order valence-electron chi connectivity index (χ3n) is 1.76. The van der Waals surface area contributed by atoms with Crippen molar-refractivity contribution in [1.29, 1.82) is 0 Å². The average molecular weight is 181 g/mol. The first-order chi connectivity index (χ1) is 6.25. The van der Waals surface area contributed by atoms with Crippen LogP contribution in [0.15, 0.2) is 24.4 Å². The fourth-order valence-electron chi connectivity index (χ4n) is 1.11. The fourth-order valence-corrected chi connectivity index (χ4v) is 1.11. The third kappa shape index (κ3) is 2.52. The Kier molecular flexibility index (Phi) is 3.40. The molecule has 4 nitrogen and oxygen atoms in total. The summed E-state index contributed by atoms with van der Waals surface area (Å²) < 4.78 is 0. The van der Waals surface area contributed by atoms with E-state index in [0.29, 0.717) is 5.69 Å². The van der Waals surface area contributed by atoms with Crippen LogP contribution in [0.25, 0.3) is 0 Å². The van der Waals surface area contributed by atoms with Gasteiger partial charge in [0.2, 0.25) is 0 Å². The SMILES string of the molecule is O=C(O)C(CCO)c1ccccn1. The summed E-state index contributed by atoms with van der Waals surface area (Å²) in [7, 11) is 0. The van der Waals surface area contributed by atoms with Crippen LogP contribution in [-0.2, 0) is 4.79 Å². The molecule has 0 aliphatic rings. The van der Waals surface area contributed by atoms with Crippen LogP contribution in [-0.4, -0.2) is 27.8 Å². The van der Waals surface area contributed by atoms with Crippen LogP contribution in [0, 0.1) is 0 Å². The van der Waals surface area contributed by atoms with Crippen LogP contribution in [0.5, 0.6) is 0 Å². The number of pyridine rings is 1. The van der Waals surface area contributed by atoms with Crippen LogP contribution >= 0.6 is 0 Å². The monoisotopic (exact) mass is 181 g/mol. The minimum absolute atomic E-state index is 0.145. The summed E-state index contributed by atoms with van der Waals surface area (Å²) >= 11 is 0. The number of aliphatic carboxylic acids is 1. The molecule has 0 aliphatic heterocycles. The Hall–Kier alpha value is -1.42. The molecule has 1 atom stereocenters. The molecule has 0 saturated heterocycles. The number of hydrogen-bond acceptors (Lipinski definition) is 3. The van der Waals surface area contributed by atoms with Gasteiger partial charge >= 0.3 is 5.97 Å². The molecular formula is C9H11NO3. The van der Waals surface area contributed by atoms with E-state index in [2.05, 4.69) is 4.98 Å². The molecule has 0 spiro atoms. The van der Waals surface area contributed by atoms with E-state index in [0.717, 1.165) is 0 Å². The van der Waals surface area contributed by atoms with Crippen LogP contribution in [0.1, 0.15) is 18.0 Å². The summed E-state index contributed by atoms with van der Waals surface area (Å²) in [6.45, 7) is -0.145. The average Bonchev–Trinajstić information content (AvgIpc) is 2.15. The van der Waals surface area contributed by atoms with Gasteiger partial charge in [0.05, 0.1) is 5.69 Å². The van der Waals surface area contributed by atoms with E-state index in [9.17, 15) is 4.79 Å². The molecular weight excluding hydrogens is 170 g/mol. The first-order valence-corrected chi connectivity index (χ1v) is 4.00. The van der Waals surface area contributed by atoms with E-state index in [1.165, 1.54) is 0 Å². The lowest BCUT2D eigenvalue weighted by atomic mass is 10.0. The molecule has 4 heteroatoms. The van der Waals surface area contributed by atoms with Gasteiger partial charge in [0.1, 0.15) is 5.92 Å². The number of hydrogen-bond donors (Lipinski definition) is 2. The maximum atomic E-state index is 10.7. The molecule has 0 bridgehead atoms. The zero-order valence-corrected chi connectivity index (χ0v) is 7.05. The van der Waals surface area contributed by atoms with Gasteiger partial charge < -0.3 is 10.2 Å². The summed E-state index contributed by atoms with van der Waals surface area (Å²) in [5, 5.41) is 17.5. The van der Waals surface area contributed by atoms with Gasteiger partial charge in [0, 0.05) is 12.8 Å². The first-order valence-electron chi connectivity index (χ1n) is 4.00. The minimum Gasteiger partial charge on any atom is -0.481 e. The van der Waals surface area contributed by atoms with E-state index in [4.69, 9.17) is 10.2 Å². The molecule has 0 radical (unpaired) electrons. The second kappa shape index (κ2) is 4.57. The third-order valence-corrected chi connectivity index (χ3v) is 1.76. The molecule has 2 N–H and O–H groups in total. The second-order valence-corrected chi connectivity index (χ2v) is 2.66. The van der Waals surface area contributed by atoms with Gasteiger partial charge in [-0.3, -0.25) is 9.78 Å². The van der Waals surface area contributed by atoms with Gasteiger partial charge in [0.25, 0.3) is 0 Å². The van der Waals surface area contributed by atoms with Crippen molar-refractivity contribution in [2.45, 2.75) is 12.3 Å². The number of aliphatic hydroxyl groups is 1. The van der Waals surface area contributed by atoms with E-state index < -0.39 is 11.9 Å². The van der Waals surface area contributed by atoms with Gasteiger partial charge in [-0.1, -0.05) is 6.07 Å². The molecule has 1 aromatic heterocycles. The molecule has 1 heterocycles. The zero-order chi connectivity index (χ0) is 9.68. The topological polar surface area (TPSA) is 70.4 Å². The normalized spacial score (nSPS) is 12.4. The van der Waals surface area contributed by atoms with Gasteiger partial charge in [-0.2, -0.15) is 0 Å². The molecule has 0 aliphatic carbocycles. The molecule has 13 heavy (non-hydrogen) atoms. The minimum atomic E-state index is -0.951. The summed E-state index contributed by atoms with van der Waals surface area (Å²) in [6, 6.07) is 5.10. The molecule has 1 rings (SSSR count). The lowest BCUT2D eigenvalue weighted by molar-refractivity contribution is -0.139. The van der Waals surface area contributed by atoms with Crippen molar-refractivity contribution in [3.8, 4) is 0 Å². The number of carboxylic acids is 1. The van der Waals surface area contributed by atoms with Gasteiger partial charge in [0.15, 0.2) is 0 Å². The van der Waals surface area contributed by atoms with E-state index in [1.807, 2.05) is 0 Å². The first kappa shape index (κ1) is 9.67. The lowest BCUT2D eigenvalue weighted by Gasteiger charge is -2.08. The maximum Gasteiger partial charge on any atom is 0.312 e. The Labute approximate surface area is 75.9 Å². The predicted molar refractivity (Wildman–Crippen MR) is 46.3 cm³/mol. The van der Waals surface area contributed by atoms with Crippen molar-refractivity contribution >= 4 is 5.97 Å². The molecule has 0 saturated carbocycles. The Morgan fingerprint density at radius 1 is 1.54 bits per heavy atom. The highest BCUT2D eigenvalue weighted by atomic mass is 16.4. The van der Waals surface area contributed by atoms with Crippen molar-refractivity contribution in [2.75, 3.05) is 6.61 Å². The Morgan fingerprint density at radius 3 is 2.77 bits per heavy atom. The van der Waals surface area contributed by atoms with Gasteiger partial charge in [-0.15, -0.1) is 0 Å². The summed E-state index contributed by atoms with van der Waals surface area (Å²) in [5.74, 6) is -1.65. The second-order valence-electron chi connectivity index (χ2n) is 2.66. The molecule has 0 fully saturated rings. The highest BCUT2D eigenvalue weighted by Gasteiger charge is 2.19. The van der Waals surface area contributed by atoms with Crippen LogP contribution in [0.4, 0.5) is 0 Å². The number of nitrogens with zero attached hydrogens (tertiary/aromatic N) is 1. The zero-order valence-electron chi connectivity index (χ0n) is 7.05. The number of rotatable bonds is 4. The molecule has 1 unspecified atom stereocenters. The van der Waals surface area contributed by atoms with Crippen molar-refractivity contribution < 1.29 is 15.0 Å². The maximum absolute atomic E-state index is 10.7. The lowest BCUT2D eigenvalue weighted by Crippen LogP contribution is -2.14. The molecule has 1 aromatic rings. The molecule has 0 aromatic carbocycles. The predicted octanol–water partition coefficient (Wildman–Crippen LogP) is 0.632. The van der Waals surface area contributed by atoms with Crippen molar-refractivity contribution in [3.63, 3.8) is 0 Å². The smallest absolute Gasteiger partial charge is 0.312 e. The highest BCUT2D eigenvalue weighted by molar-refractivity contribution is 5.75. The van der Waals surface area contributed by atoms with E-state index in [-0.39, 0.29) is 13.0 Å². The van der Waals surface area contributed by atoms with Crippen molar-refractivity contribution in [1.82, 2.24) is 4.98 Å². The standard InChI is InChI=1S/C9H11NO3/c11-6-4-7(9(12)13)8-3-1-2-5-10-8/h1-3,5,7,11H,4,6H2,(H,12,13). The summed E-state index contributed by atoms with van der Waals surface area (Å²) in [4.78, 5) is 14.7. The van der Waals surface area contributed by atoms with Crippen molar-refractivity contribution in [3.05, 3.63) is 30.1 Å². The highest BCUT2D eigenvalue weighted by Crippen LogP contribution is 2.16. The quantitative estimate of drug-likeness (QED) is 0.714. The Bertz CT molecular complexity index is 273. The van der Waals surface area contributed by atoms with Crippen LogP contribution in [0.3, 0.4) is 0 Å².